The molecule has 1 aromatic heterocycles. The Balaban J connectivity index is 2.28. The lowest BCUT2D eigenvalue weighted by molar-refractivity contribution is -0.129. The highest BCUT2D eigenvalue weighted by atomic mass is 19.1. The Bertz CT molecular complexity index is 949. The van der Waals surface area contributed by atoms with E-state index < -0.39 is 17.3 Å². The molecule has 2 heterocycles. The number of rotatable bonds is 2. The summed E-state index contributed by atoms with van der Waals surface area (Å²) in [6.07, 6.45) is 1.72. The molecule has 0 bridgehead atoms. The average Bonchev–Trinajstić information content (AvgIpc) is 2.55. The van der Waals surface area contributed by atoms with Crippen LogP contribution in [0, 0.1) is 12.7 Å². The molecule has 1 aliphatic heterocycles. The van der Waals surface area contributed by atoms with Crippen molar-refractivity contribution in [3.05, 3.63) is 62.8 Å². The zero-order chi connectivity index (χ0) is 18.3. The van der Waals surface area contributed by atoms with Crippen LogP contribution in [-0.2, 0) is 17.8 Å². The van der Waals surface area contributed by atoms with Crippen LogP contribution >= 0.6 is 0 Å². The topological polar surface area (TPSA) is 79.6 Å². The van der Waals surface area contributed by atoms with Crippen LogP contribution in [0.3, 0.4) is 0 Å². The lowest BCUT2D eigenvalue weighted by atomic mass is 9.96. The number of hydrogen-bond donors (Lipinski definition) is 1. The molecule has 0 saturated carbocycles. The van der Waals surface area contributed by atoms with E-state index in [0.29, 0.717) is 17.7 Å². The number of carboxylic acids is 1. The lowest BCUT2D eigenvalue weighted by Gasteiger charge is -2.29. The van der Waals surface area contributed by atoms with E-state index in [1.54, 1.807) is 17.9 Å². The van der Waals surface area contributed by atoms with Crippen LogP contribution in [0.1, 0.15) is 34.0 Å². The molecule has 0 saturated heterocycles. The maximum absolute atomic E-state index is 14.2. The standard InChI is InChI=1S/C18H17FN2O4/c1-10-3-4-14(19)15(7-10)21-9-12-8-20(11(2)22)6-5-13(12)16(17(21)23)18(24)25/h3-4,7,9H,5-6,8H2,1-2H3,(H,24,25). The van der Waals surface area contributed by atoms with E-state index in [-0.39, 0.29) is 30.1 Å². The van der Waals surface area contributed by atoms with Crippen LogP contribution < -0.4 is 5.56 Å². The molecule has 0 aliphatic carbocycles. The number of aryl methyl sites for hydroxylation is 1. The summed E-state index contributed by atoms with van der Waals surface area (Å²) in [7, 11) is 0. The van der Waals surface area contributed by atoms with Crippen molar-refractivity contribution < 1.29 is 19.1 Å². The quantitative estimate of drug-likeness (QED) is 0.902. The highest BCUT2D eigenvalue weighted by molar-refractivity contribution is 5.89. The molecule has 25 heavy (non-hydrogen) atoms. The van der Waals surface area contributed by atoms with Crippen molar-refractivity contribution >= 4 is 11.9 Å². The summed E-state index contributed by atoms with van der Waals surface area (Å²) < 4.78 is 15.3. The zero-order valence-electron chi connectivity index (χ0n) is 13.9. The highest BCUT2D eigenvalue weighted by Crippen LogP contribution is 2.23. The second-order valence-electron chi connectivity index (χ2n) is 6.13. The number of carbonyl (C=O) groups excluding carboxylic acids is 1. The predicted octanol–water partition coefficient (Wildman–Crippen LogP) is 1.89. The van der Waals surface area contributed by atoms with Gasteiger partial charge in [-0.1, -0.05) is 6.07 Å². The molecule has 0 atom stereocenters. The summed E-state index contributed by atoms with van der Waals surface area (Å²) >= 11 is 0. The fraction of sp³-hybridized carbons (Fsp3) is 0.278. The number of carbonyl (C=O) groups is 2. The molecule has 0 spiro atoms. The third-order valence-electron chi connectivity index (χ3n) is 4.42. The van der Waals surface area contributed by atoms with E-state index >= 15 is 0 Å². The molecule has 0 unspecified atom stereocenters. The smallest absolute Gasteiger partial charge is 0.341 e. The van der Waals surface area contributed by atoms with Crippen LogP contribution in [0.4, 0.5) is 4.39 Å². The van der Waals surface area contributed by atoms with E-state index in [1.165, 1.54) is 25.3 Å². The summed E-state index contributed by atoms with van der Waals surface area (Å²) in [5.41, 5.74) is 0.561. The third kappa shape index (κ3) is 2.93. The van der Waals surface area contributed by atoms with Gasteiger partial charge in [-0.05, 0) is 42.2 Å². The van der Waals surface area contributed by atoms with Gasteiger partial charge in [-0.3, -0.25) is 14.2 Å². The number of aromatic carboxylic acids is 1. The number of pyridine rings is 1. The third-order valence-corrected chi connectivity index (χ3v) is 4.42. The molecule has 0 fully saturated rings. The lowest BCUT2D eigenvalue weighted by Crippen LogP contribution is -2.38. The van der Waals surface area contributed by atoms with E-state index in [4.69, 9.17) is 0 Å². The molecule has 1 amide bonds. The van der Waals surface area contributed by atoms with Crippen LogP contribution in [0.2, 0.25) is 0 Å². The molecular formula is C18H17FN2O4. The van der Waals surface area contributed by atoms with E-state index in [1.807, 2.05) is 0 Å². The van der Waals surface area contributed by atoms with Crippen molar-refractivity contribution in [2.45, 2.75) is 26.8 Å². The van der Waals surface area contributed by atoms with Gasteiger partial charge in [-0.25, -0.2) is 9.18 Å². The highest BCUT2D eigenvalue weighted by Gasteiger charge is 2.27. The van der Waals surface area contributed by atoms with Gasteiger partial charge in [0.1, 0.15) is 11.4 Å². The maximum Gasteiger partial charge on any atom is 0.341 e. The number of carboxylic acid groups (broad SMARTS) is 1. The van der Waals surface area contributed by atoms with Crippen molar-refractivity contribution in [2.75, 3.05) is 6.54 Å². The van der Waals surface area contributed by atoms with Crippen LogP contribution in [0.15, 0.2) is 29.2 Å². The predicted molar refractivity (Wildman–Crippen MR) is 88.5 cm³/mol. The fourth-order valence-corrected chi connectivity index (χ4v) is 3.13. The first-order valence-corrected chi connectivity index (χ1v) is 7.82. The first-order valence-electron chi connectivity index (χ1n) is 7.82. The Morgan fingerprint density at radius 3 is 2.64 bits per heavy atom. The molecule has 6 nitrogen and oxygen atoms in total. The number of amides is 1. The van der Waals surface area contributed by atoms with Gasteiger partial charge in [0, 0.05) is 26.2 Å². The van der Waals surface area contributed by atoms with Gasteiger partial charge in [0.15, 0.2) is 0 Å². The number of nitrogens with zero attached hydrogens (tertiary/aromatic N) is 2. The minimum absolute atomic E-state index is 0.00440. The van der Waals surface area contributed by atoms with Crippen LogP contribution in [-0.4, -0.2) is 33.0 Å². The first kappa shape index (κ1) is 16.9. The van der Waals surface area contributed by atoms with Crippen molar-refractivity contribution in [3.63, 3.8) is 0 Å². The molecule has 2 aromatic rings. The molecule has 3 rings (SSSR count). The molecule has 1 aromatic carbocycles. The first-order chi connectivity index (χ1) is 11.8. The van der Waals surface area contributed by atoms with Crippen molar-refractivity contribution in [3.8, 4) is 5.69 Å². The van der Waals surface area contributed by atoms with Gasteiger partial charge in [0.2, 0.25) is 5.91 Å². The second-order valence-corrected chi connectivity index (χ2v) is 6.13. The number of halogens is 1. The summed E-state index contributed by atoms with van der Waals surface area (Å²) in [6, 6.07) is 4.29. The molecule has 0 radical (unpaired) electrons. The van der Waals surface area contributed by atoms with Crippen LogP contribution in [0.5, 0.6) is 0 Å². The Morgan fingerprint density at radius 1 is 1.28 bits per heavy atom. The van der Waals surface area contributed by atoms with Crippen LogP contribution in [0.25, 0.3) is 5.69 Å². The number of fused-ring (bicyclic) bond motifs is 1. The van der Waals surface area contributed by atoms with Crippen molar-refractivity contribution in [1.82, 2.24) is 9.47 Å². The van der Waals surface area contributed by atoms with Gasteiger partial charge in [0.25, 0.3) is 5.56 Å². The van der Waals surface area contributed by atoms with E-state index in [0.717, 1.165) is 10.1 Å². The molecule has 130 valence electrons. The van der Waals surface area contributed by atoms with E-state index in [9.17, 15) is 23.9 Å². The Labute approximate surface area is 143 Å². The molecule has 7 heteroatoms. The van der Waals surface area contributed by atoms with Gasteiger partial charge in [-0.15, -0.1) is 0 Å². The minimum atomic E-state index is -1.35. The van der Waals surface area contributed by atoms with Gasteiger partial charge >= 0.3 is 5.97 Å². The molecular weight excluding hydrogens is 327 g/mol. The van der Waals surface area contributed by atoms with E-state index in [2.05, 4.69) is 0 Å². The Kier molecular flexibility index (Phi) is 4.16. The SMILES string of the molecule is CC(=O)N1CCc2c(cn(-c3cc(C)ccc3F)c(=O)c2C(=O)O)C1. The summed E-state index contributed by atoms with van der Waals surface area (Å²) in [4.78, 5) is 37.5. The van der Waals surface area contributed by atoms with Gasteiger partial charge in [0.05, 0.1) is 5.69 Å². The van der Waals surface area contributed by atoms with Crippen molar-refractivity contribution in [2.24, 2.45) is 0 Å². The maximum atomic E-state index is 14.2. The second kappa shape index (κ2) is 6.16. The Morgan fingerprint density at radius 2 is 2.00 bits per heavy atom. The summed E-state index contributed by atoms with van der Waals surface area (Å²) in [5.74, 6) is -2.11. The zero-order valence-corrected chi connectivity index (χ0v) is 13.9. The number of aromatic nitrogens is 1. The minimum Gasteiger partial charge on any atom is -0.477 e. The largest absolute Gasteiger partial charge is 0.477 e. The van der Waals surface area contributed by atoms with Gasteiger partial charge < -0.3 is 10.0 Å². The van der Waals surface area contributed by atoms with Crippen molar-refractivity contribution in [1.29, 1.82) is 0 Å². The average molecular weight is 344 g/mol. The monoisotopic (exact) mass is 344 g/mol. The Hall–Kier alpha value is -2.96. The normalized spacial score (nSPS) is 13.5. The number of benzene rings is 1. The number of hydrogen-bond acceptors (Lipinski definition) is 3. The molecule has 1 N–H and O–H groups in total. The van der Waals surface area contributed by atoms with Gasteiger partial charge in [-0.2, -0.15) is 0 Å². The molecule has 1 aliphatic rings. The summed E-state index contributed by atoms with van der Waals surface area (Å²) in [5, 5.41) is 9.50. The fourth-order valence-electron chi connectivity index (χ4n) is 3.13. The summed E-state index contributed by atoms with van der Waals surface area (Å²) in [6.45, 7) is 3.73.